The Kier molecular flexibility index (Phi) is 2.64. The average molecular weight is 213 g/mol. The Morgan fingerprint density at radius 2 is 2.31 bits per heavy atom. The van der Waals surface area contributed by atoms with Crippen molar-refractivity contribution in [3.8, 4) is 0 Å². The number of hydrogen-bond donors (Lipinski definition) is 1. The van der Waals surface area contributed by atoms with Gasteiger partial charge in [-0.25, -0.2) is 9.97 Å². The Morgan fingerprint density at radius 1 is 1.46 bits per heavy atom. The Morgan fingerprint density at radius 3 is 3.08 bits per heavy atom. The Hall–Kier alpha value is -0.420. The third-order valence-corrected chi connectivity index (χ3v) is 3.54. The normalized spacial score (nSPS) is 15.5. The zero-order valence-electron chi connectivity index (χ0n) is 7.41. The molecule has 0 aliphatic carbocycles. The molecule has 70 valence electrons. The van der Waals surface area contributed by atoms with E-state index in [9.17, 15) is 0 Å². The van der Waals surface area contributed by atoms with Crippen LogP contribution in [0.25, 0.3) is 0 Å². The van der Waals surface area contributed by atoms with E-state index in [0.29, 0.717) is 5.82 Å². The number of anilines is 1. The van der Waals surface area contributed by atoms with Gasteiger partial charge in [0, 0.05) is 11.3 Å². The molecule has 3 nitrogen and oxygen atoms in total. The standard InChI is InChI=1S/C8H11N3S2/c1-12-8-10-6-4-13-3-2-5(6)7(9)11-8/h2-4H2,1H3,(H2,9,10,11). The molecule has 1 aliphatic heterocycles. The van der Waals surface area contributed by atoms with Gasteiger partial charge in [0.2, 0.25) is 0 Å². The maximum atomic E-state index is 5.84. The summed E-state index contributed by atoms with van der Waals surface area (Å²) in [4.78, 5) is 8.67. The fraction of sp³-hybridized carbons (Fsp3) is 0.500. The number of rotatable bonds is 1. The molecule has 1 aromatic rings. The molecule has 0 saturated heterocycles. The third-order valence-electron chi connectivity index (χ3n) is 2.02. The van der Waals surface area contributed by atoms with Crippen molar-refractivity contribution >= 4 is 29.3 Å². The highest BCUT2D eigenvalue weighted by molar-refractivity contribution is 7.98. The number of hydrogen-bond acceptors (Lipinski definition) is 5. The molecule has 0 aromatic carbocycles. The quantitative estimate of drug-likeness (QED) is 0.567. The van der Waals surface area contributed by atoms with Crippen LogP contribution >= 0.6 is 23.5 Å². The molecule has 5 heteroatoms. The molecule has 0 unspecified atom stereocenters. The Balaban J connectivity index is 2.47. The largest absolute Gasteiger partial charge is 0.383 e. The highest BCUT2D eigenvalue weighted by atomic mass is 32.2. The zero-order chi connectivity index (χ0) is 9.26. The summed E-state index contributed by atoms with van der Waals surface area (Å²) in [6.07, 6.45) is 2.98. The molecule has 1 aliphatic rings. The Bertz CT molecular complexity index is 327. The number of nitrogen functional groups attached to an aromatic ring is 1. The summed E-state index contributed by atoms with van der Waals surface area (Å²) in [5.74, 6) is 2.80. The van der Waals surface area contributed by atoms with Crippen molar-refractivity contribution in [2.24, 2.45) is 0 Å². The van der Waals surface area contributed by atoms with Gasteiger partial charge < -0.3 is 5.73 Å². The van der Waals surface area contributed by atoms with Gasteiger partial charge in [0.25, 0.3) is 0 Å². The first-order valence-corrected chi connectivity index (χ1v) is 6.46. The fourth-order valence-corrected chi connectivity index (χ4v) is 2.67. The minimum Gasteiger partial charge on any atom is -0.383 e. The third kappa shape index (κ3) is 1.76. The van der Waals surface area contributed by atoms with E-state index in [0.717, 1.165) is 34.3 Å². The van der Waals surface area contributed by atoms with Crippen LogP contribution in [-0.4, -0.2) is 22.0 Å². The molecule has 0 amide bonds. The van der Waals surface area contributed by atoms with Crippen molar-refractivity contribution < 1.29 is 0 Å². The number of fused-ring (bicyclic) bond motifs is 1. The van der Waals surface area contributed by atoms with Crippen LogP contribution in [0.2, 0.25) is 0 Å². The van der Waals surface area contributed by atoms with Crippen molar-refractivity contribution in [3.63, 3.8) is 0 Å². The van der Waals surface area contributed by atoms with Crippen LogP contribution < -0.4 is 5.73 Å². The van der Waals surface area contributed by atoms with Crippen LogP contribution in [0.4, 0.5) is 5.82 Å². The molecular formula is C8H11N3S2. The molecule has 2 rings (SSSR count). The lowest BCUT2D eigenvalue weighted by molar-refractivity contribution is 0.885. The molecule has 0 bridgehead atoms. The van der Waals surface area contributed by atoms with Gasteiger partial charge in [0.1, 0.15) is 5.82 Å². The topological polar surface area (TPSA) is 51.8 Å². The van der Waals surface area contributed by atoms with E-state index in [2.05, 4.69) is 9.97 Å². The minimum atomic E-state index is 0.676. The number of nitrogens with zero attached hydrogens (tertiary/aromatic N) is 2. The van der Waals surface area contributed by atoms with Crippen LogP contribution in [-0.2, 0) is 12.2 Å². The summed E-state index contributed by atoms with van der Waals surface area (Å²) in [7, 11) is 0. The zero-order valence-corrected chi connectivity index (χ0v) is 9.04. The number of aromatic nitrogens is 2. The molecule has 0 radical (unpaired) electrons. The lowest BCUT2D eigenvalue weighted by Crippen LogP contribution is -2.11. The van der Waals surface area contributed by atoms with E-state index in [1.165, 1.54) is 0 Å². The highest BCUT2D eigenvalue weighted by Gasteiger charge is 2.15. The van der Waals surface area contributed by atoms with Gasteiger partial charge in [0.05, 0.1) is 5.69 Å². The van der Waals surface area contributed by atoms with E-state index >= 15 is 0 Å². The number of nitrogens with two attached hydrogens (primary N) is 1. The summed E-state index contributed by atoms with van der Waals surface area (Å²) in [5.41, 5.74) is 8.14. The SMILES string of the molecule is CSc1nc(N)c2c(n1)CSCC2. The van der Waals surface area contributed by atoms with Crippen molar-refractivity contribution in [1.29, 1.82) is 0 Å². The monoisotopic (exact) mass is 213 g/mol. The van der Waals surface area contributed by atoms with Crippen LogP contribution in [0.3, 0.4) is 0 Å². The van der Waals surface area contributed by atoms with Gasteiger partial charge in [-0.2, -0.15) is 11.8 Å². The van der Waals surface area contributed by atoms with Crippen LogP contribution in [0, 0.1) is 0 Å². The molecule has 0 fully saturated rings. The van der Waals surface area contributed by atoms with Gasteiger partial charge in [-0.15, -0.1) is 0 Å². The molecule has 1 aromatic heterocycles. The van der Waals surface area contributed by atoms with Crippen molar-refractivity contribution in [2.75, 3.05) is 17.7 Å². The second-order valence-corrected chi connectivity index (χ2v) is 4.70. The van der Waals surface area contributed by atoms with Crippen molar-refractivity contribution in [2.45, 2.75) is 17.3 Å². The molecule has 0 saturated carbocycles. The van der Waals surface area contributed by atoms with Crippen LogP contribution in [0.5, 0.6) is 0 Å². The van der Waals surface area contributed by atoms with Gasteiger partial charge in [0.15, 0.2) is 5.16 Å². The average Bonchev–Trinajstić information content (AvgIpc) is 2.18. The van der Waals surface area contributed by atoms with E-state index in [4.69, 9.17) is 5.73 Å². The first-order chi connectivity index (χ1) is 6.31. The van der Waals surface area contributed by atoms with Gasteiger partial charge >= 0.3 is 0 Å². The summed E-state index contributed by atoms with van der Waals surface area (Å²) < 4.78 is 0. The van der Waals surface area contributed by atoms with Crippen molar-refractivity contribution in [1.82, 2.24) is 9.97 Å². The van der Waals surface area contributed by atoms with Gasteiger partial charge in [-0.1, -0.05) is 11.8 Å². The molecule has 0 atom stereocenters. The van der Waals surface area contributed by atoms with Gasteiger partial charge in [-0.3, -0.25) is 0 Å². The van der Waals surface area contributed by atoms with E-state index in [1.54, 1.807) is 11.8 Å². The first-order valence-electron chi connectivity index (χ1n) is 4.08. The second-order valence-electron chi connectivity index (χ2n) is 2.82. The Labute approximate surface area is 85.9 Å². The highest BCUT2D eigenvalue weighted by Crippen LogP contribution is 2.27. The summed E-state index contributed by atoms with van der Waals surface area (Å²) in [5, 5.41) is 0.791. The predicted octanol–water partition coefficient (Wildman–Crippen LogP) is 1.57. The van der Waals surface area contributed by atoms with Crippen LogP contribution in [0.1, 0.15) is 11.3 Å². The fourth-order valence-electron chi connectivity index (χ4n) is 1.35. The van der Waals surface area contributed by atoms with Crippen LogP contribution in [0.15, 0.2) is 5.16 Å². The smallest absolute Gasteiger partial charge is 0.189 e. The molecule has 2 heterocycles. The van der Waals surface area contributed by atoms with E-state index in [1.807, 2.05) is 18.0 Å². The summed E-state index contributed by atoms with van der Waals surface area (Å²) in [6.45, 7) is 0. The maximum Gasteiger partial charge on any atom is 0.189 e. The van der Waals surface area contributed by atoms with Crippen molar-refractivity contribution in [3.05, 3.63) is 11.3 Å². The van der Waals surface area contributed by atoms with E-state index < -0.39 is 0 Å². The minimum absolute atomic E-state index is 0.676. The second kappa shape index (κ2) is 3.75. The summed E-state index contributed by atoms with van der Waals surface area (Å²) in [6, 6.07) is 0. The van der Waals surface area contributed by atoms with Gasteiger partial charge in [-0.05, 0) is 18.4 Å². The van der Waals surface area contributed by atoms with E-state index in [-0.39, 0.29) is 0 Å². The lowest BCUT2D eigenvalue weighted by atomic mass is 10.1. The maximum absolute atomic E-state index is 5.84. The first kappa shape index (κ1) is 9.15. The molecule has 2 N–H and O–H groups in total. The lowest BCUT2D eigenvalue weighted by Gasteiger charge is -2.16. The molecule has 0 spiro atoms. The summed E-state index contributed by atoms with van der Waals surface area (Å²) >= 11 is 3.45. The molecule has 13 heavy (non-hydrogen) atoms. The predicted molar refractivity (Wildman–Crippen MR) is 58.1 cm³/mol. The number of thioether (sulfide) groups is 2. The molecular weight excluding hydrogens is 202 g/mol.